The number of aliphatic hydroxyl groups is 1. The third-order valence-electron chi connectivity index (χ3n) is 4.54. The second-order valence-electron chi connectivity index (χ2n) is 5.99. The Labute approximate surface area is 119 Å². The van der Waals surface area contributed by atoms with E-state index in [1.54, 1.807) is 0 Å². The number of sulfone groups is 1. The quantitative estimate of drug-likeness (QED) is 0.912. The molecule has 1 aromatic rings. The van der Waals surface area contributed by atoms with Gasteiger partial charge in [-0.05, 0) is 25.7 Å². The lowest BCUT2D eigenvalue weighted by molar-refractivity contribution is 0.238. The Morgan fingerprint density at radius 3 is 2.90 bits per heavy atom. The molecule has 0 aliphatic carbocycles. The zero-order chi connectivity index (χ0) is 14.2. The van der Waals surface area contributed by atoms with Gasteiger partial charge in [0.15, 0.2) is 9.84 Å². The summed E-state index contributed by atoms with van der Waals surface area (Å²) < 4.78 is 26.2. The van der Waals surface area contributed by atoms with Crippen LogP contribution < -0.4 is 0 Å². The molecule has 6 heteroatoms. The molecule has 3 rings (SSSR count). The summed E-state index contributed by atoms with van der Waals surface area (Å²) in [5.74, 6) is 1.37. The Morgan fingerprint density at radius 2 is 2.15 bits per heavy atom. The molecule has 1 fully saturated rings. The predicted octanol–water partition coefficient (Wildman–Crippen LogP) is 1.26. The first-order valence-electron chi connectivity index (χ1n) is 7.48. The zero-order valence-electron chi connectivity index (χ0n) is 11.7. The lowest BCUT2D eigenvalue weighted by Crippen LogP contribution is -2.30. The van der Waals surface area contributed by atoms with Crippen LogP contribution in [0.5, 0.6) is 0 Å². The Hall–Kier alpha value is -0.880. The topological polar surface area (TPSA) is 72.2 Å². The van der Waals surface area contributed by atoms with E-state index < -0.39 is 9.84 Å². The number of aryl methyl sites for hydroxylation is 1. The first kappa shape index (κ1) is 14.1. The van der Waals surface area contributed by atoms with Crippen LogP contribution in [0, 0.1) is 0 Å². The third-order valence-corrected chi connectivity index (χ3v) is 6.82. The molecule has 1 saturated heterocycles. The molecule has 1 aromatic heterocycles. The highest BCUT2D eigenvalue weighted by atomic mass is 32.2. The van der Waals surface area contributed by atoms with E-state index in [9.17, 15) is 13.5 Å². The molecule has 2 aliphatic rings. The van der Waals surface area contributed by atoms with Crippen LogP contribution in [0.15, 0.2) is 6.20 Å². The number of fused-ring (bicyclic) bond motifs is 1. The van der Waals surface area contributed by atoms with E-state index in [1.165, 1.54) is 0 Å². The molecule has 2 atom stereocenters. The highest BCUT2D eigenvalue weighted by molar-refractivity contribution is 7.92. The van der Waals surface area contributed by atoms with E-state index in [0.29, 0.717) is 12.2 Å². The second kappa shape index (κ2) is 5.48. The van der Waals surface area contributed by atoms with Crippen molar-refractivity contribution in [3.8, 4) is 0 Å². The van der Waals surface area contributed by atoms with Gasteiger partial charge in [0.1, 0.15) is 5.82 Å². The molecule has 1 N–H and O–H groups in total. The van der Waals surface area contributed by atoms with Crippen LogP contribution in [0.4, 0.5) is 0 Å². The van der Waals surface area contributed by atoms with Gasteiger partial charge in [0.25, 0.3) is 0 Å². The molecule has 20 heavy (non-hydrogen) atoms. The van der Waals surface area contributed by atoms with Crippen molar-refractivity contribution in [3.05, 3.63) is 17.7 Å². The van der Waals surface area contributed by atoms with Gasteiger partial charge in [-0.25, -0.2) is 13.4 Å². The number of nitrogens with zero attached hydrogens (tertiary/aromatic N) is 2. The Morgan fingerprint density at radius 1 is 1.30 bits per heavy atom. The van der Waals surface area contributed by atoms with E-state index in [0.717, 1.165) is 50.2 Å². The first-order chi connectivity index (χ1) is 9.60. The van der Waals surface area contributed by atoms with Gasteiger partial charge < -0.3 is 9.67 Å². The number of aromatic nitrogens is 2. The number of imidazole rings is 1. The lowest BCUT2D eigenvalue weighted by atomic mass is 10.0. The molecule has 0 spiro atoms. The van der Waals surface area contributed by atoms with Crippen LogP contribution in [-0.4, -0.2) is 40.7 Å². The normalized spacial score (nSPS) is 29.1. The summed E-state index contributed by atoms with van der Waals surface area (Å²) in [6, 6.07) is 0. The summed E-state index contributed by atoms with van der Waals surface area (Å²) in [5, 5.41) is 9.14. The summed E-state index contributed by atoms with van der Waals surface area (Å²) >= 11 is 0. The monoisotopic (exact) mass is 298 g/mol. The van der Waals surface area contributed by atoms with Gasteiger partial charge >= 0.3 is 0 Å². The maximum absolute atomic E-state index is 12.1. The fourth-order valence-corrected chi connectivity index (χ4v) is 5.27. The molecular formula is C14H22N2O3S. The summed E-state index contributed by atoms with van der Waals surface area (Å²) in [4.78, 5) is 4.60. The van der Waals surface area contributed by atoms with Crippen molar-refractivity contribution in [1.82, 2.24) is 9.55 Å². The third kappa shape index (κ3) is 2.63. The average Bonchev–Trinajstić information content (AvgIpc) is 2.83. The van der Waals surface area contributed by atoms with Crippen LogP contribution in [0.3, 0.4) is 0 Å². The van der Waals surface area contributed by atoms with E-state index in [2.05, 4.69) is 9.55 Å². The fourth-order valence-electron chi connectivity index (χ4n) is 3.38. The maximum atomic E-state index is 12.1. The van der Waals surface area contributed by atoms with Crippen LogP contribution in [0.2, 0.25) is 0 Å². The predicted molar refractivity (Wildman–Crippen MR) is 76.4 cm³/mol. The molecule has 5 nitrogen and oxygen atoms in total. The molecule has 0 aromatic carbocycles. The van der Waals surface area contributed by atoms with Crippen LogP contribution in [0.1, 0.15) is 49.5 Å². The average molecular weight is 298 g/mol. The van der Waals surface area contributed by atoms with Gasteiger partial charge in [-0.1, -0.05) is 6.42 Å². The SMILES string of the molecule is O=S1(=O)CCCCC1Cc1cn2c(n1)C(CO)CCC2. The molecular weight excluding hydrogens is 276 g/mol. The van der Waals surface area contributed by atoms with Crippen molar-refractivity contribution < 1.29 is 13.5 Å². The molecule has 3 heterocycles. The van der Waals surface area contributed by atoms with Crippen molar-refractivity contribution >= 4 is 9.84 Å². The largest absolute Gasteiger partial charge is 0.396 e. The van der Waals surface area contributed by atoms with Crippen molar-refractivity contribution in [2.24, 2.45) is 0 Å². The van der Waals surface area contributed by atoms with Crippen LogP contribution in [0.25, 0.3) is 0 Å². The molecule has 0 saturated carbocycles. The van der Waals surface area contributed by atoms with Gasteiger partial charge in [0, 0.05) is 25.1 Å². The number of hydrogen-bond acceptors (Lipinski definition) is 4. The van der Waals surface area contributed by atoms with Gasteiger partial charge in [-0.3, -0.25) is 0 Å². The first-order valence-corrected chi connectivity index (χ1v) is 9.20. The molecule has 0 amide bonds. The fraction of sp³-hybridized carbons (Fsp3) is 0.786. The number of aliphatic hydroxyl groups excluding tert-OH is 1. The minimum atomic E-state index is -2.94. The standard InChI is InChI=1S/C14H22N2O3S/c17-10-11-4-3-6-16-9-12(15-14(11)16)8-13-5-1-2-7-20(13,18)19/h9,11,13,17H,1-8,10H2. The smallest absolute Gasteiger partial charge is 0.153 e. The van der Waals surface area contributed by atoms with Crippen molar-refractivity contribution in [3.63, 3.8) is 0 Å². The van der Waals surface area contributed by atoms with E-state index in [-0.39, 0.29) is 17.8 Å². The van der Waals surface area contributed by atoms with Gasteiger partial charge in [-0.2, -0.15) is 0 Å². The summed E-state index contributed by atoms with van der Waals surface area (Å²) in [6.07, 6.45) is 7.09. The number of hydrogen-bond donors (Lipinski definition) is 1. The highest BCUT2D eigenvalue weighted by Crippen LogP contribution is 2.28. The van der Waals surface area contributed by atoms with Crippen molar-refractivity contribution in [1.29, 1.82) is 0 Å². The Balaban J connectivity index is 1.80. The molecule has 0 bridgehead atoms. The van der Waals surface area contributed by atoms with E-state index in [1.807, 2.05) is 6.20 Å². The van der Waals surface area contributed by atoms with Gasteiger partial charge in [0.2, 0.25) is 0 Å². The van der Waals surface area contributed by atoms with Crippen LogP contribution in [-0.2, 0) is 22.8 Å². The minimum Gasteiger partial charge on any atom is -0.396 e. The van der Waals surface area contributed by atoms with Crippen LogP contribution >= 0.6 is 0 Å². The molecule has 2 unspecified atom stereocenters. The molecule has 112 valence electrons. The number of rotatable bonds is 3. The Bertz CT molecular complexity index is 579. The molecule has 2 aliphatic heterocycles. The summed E-state index contributed by atoms with van der Waals surface area (Å²) in [6.45, 7) is 1.05. The second-order valence-corrected chi connectivity index (χ2v) is 8.40. The maximum Gasteiger partial charge on any atom is 0.153 e. The van der Waals surface area contributed by atoms with Gasteiger partial charge in [0.05, 0.1) is 23.3 Å². The lowest BCUT2D eigenvalue weighted by Gasteiger charge is -2.21. The van der Waals surface area contributed by atoms with Crippen molar-refractivity contribution in [2.75, 3.05) is 12.4 Å². The van der Waals surface area contributed by atoms with Gasteiger partial charge in [-0.15, -0.1) is 0 Å². The van der Waals surface area contributed by atoms with E-state index >= 15 is 0 Å². The molecule has 0 radical (unpaired) electrons. The zero-order valence-corrected chi connectivity index (χ0v) is 12.5. The van der Waals surface area contributed by atoms with Crippen molar-refractivity contribution in [2.45, 2.75) is 56.2 Å². The minimum absolute atomic E-state index is 0.112. The highest BCUT2D eigenvalue weighted by Gasteiger charge is 2.30. The Kier molecular flexibility index (Phi) is 3.86. The van der Waals surface area contributed by atoms with E-state index in [4.69, 9.17) is 0 Å². The summed E-state index contributed by atoms with van der Waals surface area (Å²) in [5.41, 5.74) is 0.871. The summed E-state index contributed by atoms with van der Waals surface area (Å²) in [7, 11) is -2.94.